The van der Waals surface area contributed by atoms with Crippen LogP contribution in [-0.4, -0.2) is 33.6 Å². The van der Waals surface area contributed by atoms with Gasteiger partial charge in [-0.2, -0.15) is 22.8 Å². The maximum atomic E-state index is 13.5. The van der Waals surface area contributed by atoms with Gasteiger partial charge in [-0.1, -0.05) is 24.3 Å². The van der Waals surface area contributed by atoms with Crippen molar-refractivity contribution in [2.24, 2.45) is 0 Å². The van der Waals surface area contributed by atoms with Crippen LogP contribution in [-0.2, 0) is 25.7 Å². The maximum absolute atomic E-state index is 13.5. The van der Waals surface area contributed by atoms with Crippen molar-refractivity contribution in [1.82, 2.24) is 19.8 Å². The molecule has 198 valence electrons. The van der Waals surface area contributed by atoms with E-state index >= 15 is 0 Å². The molecule has 0 spiro atoms. The molecule has 2 aromatic heterocycles. The number of carbonyl (C=O) groups is 1. The molecule has 0 radical (unpaired) electrons. The average molecular weight is 534 g/mol. The van der Waals surface area contributed by atoms with Crippen molar-refractivity contribution in [3.8, 4) is 6.07 Å². The summed E-state index contributed by atoms with van der Waals surface area (Å²) in [4.78, 5) is 18.9. The summed E-state index contributed by atoms with van der Waals surface area (Å²) < 4.78 is 55.5. The second-order valence-corrected chi connectivity index (χ2v) is 9.26. The summed E-state index contributed by atoms with van der Waals surface area (Å²) in [6.45, 7) is 1.58. The van der Waals surface area contributed by atoms with Crippen LogP contribution in [0.3, 0.4) is 0 Å². The first-order chi connectivity index (χ1) is 18.7. The molecule has 0 fully saturated rings. The molecular formula is C29H23F4N5O. The Morgan fingerprint density at radius 3 is 2.64 bits per heavy atom. The van der Waals surface area contributed by atoms with Crippen molar-refractivity contribution in [3.05, 3.63) is 106 Å². The van der Waals surface area contributed by atoms with E-state index in [4.69, 9.17) is 5.26 Å². The molecule has 5 rings (SSSR count). The topological polar surface area (TPSA) is 74.0 Å². The quantitative estimate of drug-likeness (QED) is 0.256. The number of hydrogen-bond acceptors (Lipinski definition) is 4. The minimum atomic E-state index is -4.52. The minimum absolute atomic E-state index is 0.0413. The molecule has 39 heavy (non-hydrogen) atoms. The molecule has 0 bridgehead atoms. The van der Waals surface area contributed by atoms with Gasteiger partial charge in [0.15, 0.2) is 0 Å². The molecule has 2 aromatic carbocycles. The fraction of sp³-hybridized carbons (Fsp3) is 0.207. The Morgan fingerprint density at radius 1 is 1.13 bits per heavy atom. The van der Waals surface area contributed by atoms with Crippen LogP contribution in [0.1, 0.15) is 33.5 Å². The number of nitrogens with one attached hydrogen (secondary N) is 1. The number of aromatic nitrogens is 2. The summed E-state index contributed by atoms with van der Waals surface area (Å²) in [5, 5.41) is 12.1. The highest BCUT2D eigenvalue weighted by atomic mass is 19.4. The van der Waals surface area contributed by atoms with Crippen LogP contribution in [0.5, 0.6) is 0 Å². The van der Waals surface area contributed by atoms with E-state index in [0.29, 0.717) is 59.3 Å². The van der Waals surface area contributed by atoms with Gasteiger partial charge in [-0.05, 0) is 59.2 Å². The van der Waals surface area contributed by atoms with Crippen LogP contribution >= 0.6 is 0 Å². The van der Waals surface area contributed by atoms with Gasteiger partial charge < -0.3 is 5.32 Å². The van der Waals surface area contributed by atoms with Crippen LogP contribution in [0.2, 0.25) is 0 Å². The summed E-state index contributed by atoms with van der Waals surface area (Å²) in [5.41, 5.74) is 2.98. The molecule has 0 atom stereocenters. The van der Waals surface area contributed by atoms with Gasteiger partial charge in [0.2, 0.25) is 5.95 Å². The number of fused-ring (bicyclic) bond motifs is 3. The highest BCUT2D eigenvalue weighted by Crippen LogP contribution is 2.36. The molecule has 1 aliphatic rings. The summed E-state index contributed by atoms with van der Waals surface area (Å²) in [7, 11) is 0. The van der Waals surface area contributed by atoms with Gasteiger partial charge in [-0.15, -0.1) is 0 Å². The fourth-order valence-corrected chi connectivity index (χ4v) is 4.79. The summed E-state index contributed by atoms with van der Waals surface area (Å²) in [6.07, 6.45) is 1.14. The Bertz CT molecular complexity index is 1600. The third-order valence-electron chi connectivity index (χ3n) is 6.71. The molecule has 0 aliphatic carbocycles. The van der Waals surface area contributed by atoms with E-state index in [1.165, 1.54) is 22.9 Å². The first kappa shape index (κ1) is 26.1. The molecule has 0 unspecified atom stereocenters. The molecule has 0 saturated heterocycles. The SMILES string of the molecule is N#Cc1ccc(/C=C/CN2CCc3c(c4cc(C(F)(F)F)ccc4n3C(=O)NCc3ccnc(F)c3)C2)cc1. The number of amides is 1. The van der Waals surface area contributed by atoms with Crippen LogP contribution in [0, 0.1) is 17.3 Å². The number of alkyl halides is 3. The Labute approximate surface area is 221 Å². The molecular weight excluding hydrogens is 510 g/mol. The number of nitrogens with zero attached hydrogens (tertiary/aromatic N) is 4. The van der Waals surface area contributed by atoms with Gasteiger partial charge in [0, 0.05) is 49.9 Å². The largest absolute Gasteiger partial charge is 0.416 e. The predicted molar refractivity (Wildman–Crippen MR) is 138 cm³/mol. The van der Waals surface area contributed by atoms with E-state index in [9.17, 15) is 22.4 Å². The van der Waals surface area contributed by atoms with Crippen LogP contribution in [0.25, 0.3) is 17.0 Å². The fourth-order valence-electron chi connectivity index (χ4n) is 4.79. The van der Waals surface area contributed by atoms with Gasteiger partial charge in [0.1, 0.15) is 0 Å². The molecule has 0 saturated carbocycles. The molecule has 4 aromatic rings. The lowest BCUT2D eigenvalue weighted by molar-refractivity contribution is -0.137. The van der Waals surface area contributed by atoms with Gasteiger partial charge in [0.25, 0.3) is 0 Å². The number of benzene rings is 2. The molecule has 6 nitrogen and oxygen atoms in total. The Hall–Kier alpha value is -4.49. The van der Waals surface area contributed by atoms with Gasteiger partial charge in [0.05, 0.1) is 22.7 Å². The van der Waals surface area contributed by atoms with Crippen molar-refractivity contribution in [1.29, 1.82) is 5.26 Å². The number of pyridine rings is 1. The third-order valence-corrected chi connectivity index (χ3v) is 6.71. The van der Waals surface area contributed by atoms with Crippen LogP contribution in [0.15, 0.2) is 66.9 Å². The number of carbonyl (C=O) groups excluding carboxylic acids is 1. The van der Waals surface area contributed by atoms with Gasteiger partial charge in [-0.25, -0.2) is 9.78 Å². The van der Waals surface area contributed by atoms with Crippen molar-refractivity contribution in [2.75, 3.05) is 13.1 Å². The summed E-state index contributed by atoms with van der Waals surface area (Å²) in [6, 6.07) is 14.9. The van der Waals surface area contributed by atoms with E-state index < -0.39 is 23.7 Å². The van der Waals surface area contributed by atoms with Crippen LogP contribution < -0.4 is 5.32 Å². The van der Waals surface area contributed by atoms with E-state index in [0.717, 1.165) is 17.7 Å². The van der Waals surface area contributed by atoms with E-state index in [1.807, 2.05) is 24.3 Å². The molecule has 3 heterocycles. The second kappa shape index (κ2) is 10.7. The van der Waals surface area contributed by atoms with E-state index in [-0.39, 0.29) is 6.54 Å². The lowest BCUT2D eigenvalue weighted by Crippen LogP contribution is -2.34. The highest BCUT2D eigenvalue weighted by molar-refractivity contribution is 5.96. The average Bonchev–Trinajstić information content (AvgIpc) is 3.25. The second-order valence-electron chi connectivity index (χ2n) is 9.26. The van der Waals surface area contributed by atoms with Crippen molar-refractivity contribution >= 4 is 23.0 Å². The zero-order valence-corrected chi connectivity index (χ0v) is 20.7. The van der Waals surface area contributed by atoms with Crippen LogP contribution in [0.4, 0.5) is 22.4 Å². The summed E-state index contributed by atoms with van der Waals surface area (Å²) >= 11 is 0. The number of rotatable bonds is 5. The number of halogens is 4. The van der Waals surface area contributed by atoms with E-state index in [2.05, 4.69) is 21.3 Å². The third kappa shape index (κ3) is 5.68. The number of nitriles is 1. The Balaban J connectivity index is 1.41. The first-order valence-corrected chi connectivity index (χ1v) is 12.2. The zero-order chi connectivity index (χ0) is 27.6. The van der Waals surface area contributed by atoms with Gasteiger partial charge in [-0.3, -0.25) is 9.47 Å². The van der Waals surface area contributed by atoms with Crippen molar-refractivity contribution in [3.63, 3.8) is 0 Å². The van der Waals surface area contributed by atoms with Crippen molar-refractivity contribution in [2.45, 2.75) is 25.7 Å². The lowest BCUT2D eigenvalue weighted by atomic mass is 10.0. The first-order valence-electron chi connectivity index (χ1n) is 12.2. The molecule has 1 N–H and O–H groups in total. The minimum Gasteiger partial charge on any atom is -0.333 e. The van der Waals surface area contributed by atoms with Gasteiger partial charge >= 0.3 is 12.2 Å². The molecule has 10 heteroatoms. The Kier molecular flexibility index (Phi) is 7.17. The van der Waals surface area contributed by atoms with E-state index in [1.54, 1.807) is 18.2 Å². The van der Waals surface area contributed by atoms with Crippen molar-refractivity contribution < 1.29 is 22.4 Å². The Morgan fingerprint density at radius 2 is 1.92 bits per heavy atom. The molecule has 1 aliphatic heterocycles. The number of hydrogen-bond donors (Lipinski definition) is 1. The smallest absolute Gasteiger partial charge is 0.333 e. The predicted octanol–water partition coefficient (Wildman–Crippen LogP) is 5.90. The monoisotopic (exact) mass is 533 g/mol. The maximum Gasteiger partial charge on any atom is 0.416 e. The standard InChI is InChI=1S/C29H23F4N5O/c30-27-14-21(9-11-35-27)17-36-28(39)38-25-8-7-22(29(31,32)33)15-23(25)24-18-37(13-10-26(24)38)12-1-2-19-3-5-20(16-34)6-4-19/h1-9,11,14-15H,10,12-13,17-18H2,(H,36,39)/b2-1+. The summed E-state index contributed by atoms with van der Waals surface area (Å²) in [5.74, 6) is -0.668. The normalized spacial score (nSPS) is 13.9. The highest BCUT2D eigenvalue weighted by Gasteiger charge is 2.33. The molecule has 1 amide bonds. The lowest BCUT2D eigenvalue weighted by Gasteiger charge is -2.27. The zero-order valence-electron chi connectivity index (χ0n) is 20.7.